The Bertz CT molecular complexity index is 315. The molecule has 0 bridgehead atoms. The fourth-order valence-electron chi connectivity index (χ4n) is 1.65. The molecule has 0 radical (unpaired) electrons. The minimum absolute atomic E-state index is 0.133. The van der Waals surface area contributed by atoms with E-state index in [1.807, 2.05) is 0 Å². The van der Waals surface area contributed by atoms with Gasteiger partial charge in [0.25, 0.3) is 0 Å². The number of carboxylic acid groups (broad SMARTS) is 1. The Kier molecular flexibility index (Phi) is 2.02. The van der Waals surface area contributed by atoms with E-state index in [1.54, 1.807) is 10.8 Å². The maximum atomic E-state index is 10.7. The summed E-state index contributed by atoms with van der Waals surface area (Å²) in [7, 11) is 0. The topological polar surface area (TPSA) is 67.1 Å². The maximum absolute atomic E-state index is 10.7. The Morgan fingerprint density at radius 3 is 3.23 bits per heavy atom. The molecule has 2 heterocycles. The lowest BCUT2D eigenvalue weighted by Crippen LogP contribution is -2.17. The molecule has 1 saturated heterocycles. The molecule has 1 aliphatic rings. The van der Waals surface area contributed by atoms with Crippen LogP contribution in [-0.4, -0.2) is 33.7 Å². The standard InChI is InChI=1S/C8H11N3O2/c12-8(13)7-10-3-4-11(7)6-1-2-9-5-6/h3-4,6,9H,1-2,5H2,(H,12,13). The number of carbonyl (C=O) groups is 1. The molecular formula is C8H11N3O2. The van der Waals surface area contributed by atoms with Gasteiger partial charge in [-0.25, -0.2) is 9.78 Å². The van der Waals surface area contributed by atoms with Crippen molar-refractivity contribution in [3.05, 3.63) is 18.2 Å². The number of nitrogens with one attached hydrogen (secondary N) is 1. The van der Waals surface area contributed by atoms with Gasteiger partial charge in [0.2, 0.25) is 5.82 Å². The lowest BCUT2D eigenvalue weighted by molar-refractivity contribution is 0.0676. The Labute approximate surface area is 75.4 Å². The van der Waals surface area contributed by atoms with E-state index in [4.69, 9.17) is 5.11 Å². The van der Waals surface area contributed by atoms with Crippen LogP contribution in [0.5, 0.6) is 0 Å². The monoisotopic (exact) mass is 181 g/mol. The number of nitrogens with zero attached hydrogens (tertiary/aromatic N) is 2. The van der Waals surface area contributed by atoms with Crippen LogP contribution in [0.2, 0.25) is 0 Å². The predicted octanol–water partition coefficient (Wildman–Crippen LogP) is 0.116. The van der Waals surface area contributed by atoms with Crippen LogP contribution in [0, 0.1) is 0 Å². The van der Waals surface area contributed by atoms with Crippen molar-refractivity contribution in [2.24, 2.45) is 0 Å². The summed E-state index contributed by atoms with van der Waals surface area (Å²) in [5.74, 6) is -0.828. The summed E-state index contributed by atoms with van der Waals surface area (Å²) in [6.07, 6.45) is 4.22. The molecule has 2 N–H and O–H groups in total. The average molecular weight is 181 g/mol. The highest BCUT2D eigenvalue weighted by Gasteiger charge is 2.21. The number of imidazole rings is 1. The fourth-order valence-corrected chi connectivity index (χ4v) is 1.65. The van der Waals surface area contributed by atoms with Crippen LogP contribution >= 0.6 is 0 Å². The molecule has 1 fully saturated rings. The van der Waals surface area contributed by atoms with Gasteiger partial charge in [-0.05, 0) is 13.0 Å². The fraction of sp³-hybridized carbons (Fsp3) is 0.500. The van der Waals surface area contributed by atoms with E-state index in [-0.39, 0.29) is 11.9 Å². The number of carboxylic acids is 1. The second kappa shape index (κ2) is 3.18. The largest absolute Gasteiger partial charge is 0.475 e. The van der Waals surface area contributed by atoms with Crippen molar-refractivity contribution in [3.63, 3.8) is 0 Å². The second-order valence-corrected chi connectivity index (χ2v) is 3.11. The lowest BCUT2D eigenvalue weighted by Gasteiger charge is -2.11. The number of hydrogen-bond donors (Lipinski definition) is 2. The maximum Gasteiger partial charge on any atom is 0.372 e. The van der Waals surface area contributed by atoms with Gasteiger partial charge in [-0.3, -0.25) is 0 Å². The Morgan fingerprint density at radius 1 is 1.77 bits per heavy atom. The van der Waals surface area contributed by atoms with E-state index in [1.165, 1.54) is 6.20 Å². The van der Waals surface area contributed by atoms with Crippen LogP contribution in [0.1, 0.15) is 23.1 Å². The van der Waals surface area contributed by atoms with Crippen molar-refractivity contribution in [2.45, 2.75) is 12.5 Å². The van der Waals surface area contributed by atoms with Gasteiger partial charge >= 0.3 is 5.97 Å². The summed E-state index contributed by atoms with van der Waals surface area (Å²) in [5, 5.41) is 12.0. The summed E-state index contributed by atoms with van der Waals surface area (Å²) in [5.41, 5.74) is 0. The lowest BCUT2D eigenvalue weighted by atomic mass is 10.2. The van der Waals surface area contributed by atoms with Crippen LogP contribution in [0.25, 0.3) is 0 Å². The molecule has 5 nitrogen and oxygen atoms in total. The van der Waals surface area contributed by atoms with Crippen LogP contribution in [0.15, 0.2) is 12.4 Å². The van der Waals surface area contributed by atoms with Crippen LogP contribution < -0.4 is 5.32 Å². The molecule has 2 rings (SSSR count). The normalized spacial score (nSPS) is 22.0. The van der Waals surface area contributed by atoms with Gasteiger partial charge in [0.1, 0.15) is 0 Å². The highest BCUT2D eigenvalue weighted by atomic mass is 16.4. The van der Waals surface area contributed by atoms with Crippen LogP contribution in [0.4, 0.5) is 0 Å². The van der Waals surface area contributed by atoms with Crippen molar-refractivity contribution in [1.82, 2.24) is 14.9 Å². The number of aromatic carboxylic acids is 1. The quantitative estimate of drug-likeness (QED) is 0.679. The average Bonchev–Trinajstić information content (AvgIpc) is 2.74. The number of rotatable bonds is 2. The van der Waals surface area contributed by atoms with Crippen molar-refractivity contribution in [2.75, 3.05) is 13.1 Å². The van der Waals surface area contributed by atoms with Gasteiger partial charge in [-0.1, -0.05) is 0 Å². The van der Waals surface area contributed by atoms with Gasteiger partial charge in [-0.2, -0.15) is 0 Å². The van der Waals surface area contributed by atoms with Crippen molar-refractivity contribution in [1.29, 1.82) is 0 Å². The molecule has 1 aromatic rings. The predicted molar refractivity (Wildman–Crippen MR) is 45.7 cm³/mol. The first-order chi connectivity index (χ1) is 6.29. The second-order valence-electron chi connectivity index (χ2n) is 3.11. The first kappa shape index (κ1) is 8.25. The Balaban J connectivity index is 2.28. The third-order valence-electron chi connectivity index (χ3n) is 2.29. The van der Waals surface area contributed by atoms with E-state index in [2.05, 4.69) is 10.3 Å². The smallest absolute Gasteiger partial charge is 0.372 e. The molecule has 70 valence electrons. The molecular weight excluding hydrogens is 170 g/mol. The zero-order valence-corrected chi connectivity index (χ0v) is 7.10. The first-order valence-electron chi connectivity index (χ1n) is 4.26. The zero-order chi connectivity index (χ0) is 9.26. The summed E-state index contributed by atoms with van der Waals surface area (Å²) >= 11 is 0. The van der Waals surface area contributed by atoms with Gasteiger partial charge in [0, 0.05) is 25.0 Å². The summed E-state index contributed by atoms with van der Waals surface area (Å²) in [6.45, 7) is 1.78. The number of aromatic nitrogens is 2. The van der Waals surface area contributed by atoms with Gasteiger partial charge in [0.05, 0.1) is 0 Å². The molecule has 1 unspecified atom stereocenters. The molecule has 13 heavy (non-hydrogen) atoms. The zero-order valence-electron chi connectivity index (χ0n) is 7.10. The van der Waals surface area contributed by atoms with Gasteiger partial charge in [0.15, 0.2) is 0 Å². The molecule has 0 amide bonds. The summed E-state index contributed by atoms with van der Waals surface area (Å²) < 4.78 is 1.72. The Morgan fingerprint density at radius 2 is 2.62 bits per heavy atom. The van der Waals surface area contributed by atoms with E-state index >= 15 is 0 Å². The third-order valence-corrected chi connectivity index (χ3v) is 2.29. The van der Waals surface area contributed by atoms with Crippen molar-refractivity contribution < 1.29 is 9.90 Å². The molecule has 0 aliphatic carbocycles. The SMILES string of the molecule is O=C(O)c1nccn1C1CCNC1. The van der Waals surface area contributed by atoms with Crippen molar-refractivity contribution in [3.8, 4) is 0 Å². The van der Waals surface area contributed by atoms with E-state index in [9.17, 15) is 4.79 Å². The molecule has 0 spiro atoms. The summed E-state index contributed by atoms with van der Waals surface area (Å²) in [4.78, 5) is 14.5. The van der Waals surface area contributed by atoms with Crippen molar-refractivity contribution >= 4 is 5.97 Å². The molecule has 0 saturated carbocycles. The summed E-state index contributed by atoms with van der Waals surface area (Å²) in [6, 6.07) is 0.244. The van der Waals surface area contributed by atoms with E-state index < -0.39 is 5.97 Å². The first-order valence-corrected chi connectivity index (χ1v) is 4.26. The highest BCUT2D eigenvalue weighted by molar-refractivity contribution is 5.83. The third kappa shape index (κ3) is 1.42. The minimum atomic E-state index is -0.961. The van der Waals surface area contributed by atoms with Gasteiger partial charge < -0.3 is 15.0 Å². The molecule has 1 aromatic heterocycles. The minimum Gasteiger partial charge on any atom is -0.475 e. The molecule has 1 atom stereocenters. The molecule has 0 aromatic carbocycles. The molecule has 1 aliphatic heterocycles. The van der Waals surface area contributed by atoms with Gasteiger partial charge in [-0.15, -0.1) is 0 Å². The highest BCUT2D eigenvalue weighted by Crippen LogP contribution is 2.16. The van der Waals surface area contributed by atoms with Crippen LogP contribution in [-0.2, 0) is 0 Å². The van der Waals surface area contributed by atoms with E-state index in [0.717, 1.165) is 19.5 Å². The number of hydrogen-bond acceptors (Lipinski definition) is 3. The van der Waals surface area contributed by atoms with Crippen LogP contribution in [0.3, 0.4) is 0 Å². The molecule has 5 heteroatoms. The Hall–Kier alpha value is -1.36. The van der Waals surface area contributed by atoms with E-state index in [0.29, 0.717) is 0 Å².